The van der Waals surface area contributed by atoms with Crippen molar-refractivity contribution in [1.82, 2.24) is 5.32 Å². The van der Waals surface area contributed by atoms with Gasteiger partial charge in [-0.25, -0.2) is 0 Å². The topological polar surface area (TPSA) is 29.1 Å². The molecule has 1 N–H and O–H groups in total. The van der Waals surface area contributed by atoms with Crippen LogP contribution >= 0.6 is 39.1 Å². The lowest BCUT2D eigenvalue weighted by Crippen LogP contribution is -2.35. The Morgan fingerprint density at radius 1 is 1.39 bits per heavy atom. The second-order valence-electron chi connectivity index (χ2n) is 4.52. The average Bonchev–Trinajstić information content (AvgIpc) is 2.84. The van der Waals surface area contributed by atoms with Crippen molar-refractivity contribution in [3.63, 3.8) is 0 Å². The Morgan fingerprint density at radius 3 is 2.72 bits per heavy atom. The van der Waals surface area contributed by atoms with E-state index in [-0.39, 0.29) is 11.9 Å². The monoisotopic (exact) mass is 349 g/mol. The molecule has 1 amide bonds. The molecule has 1 aromatic carbocycles. The predicted molar refractivity (Wildman–Crippen MR) is 78.1 cm³/mol. The van der Waals surface area contributed by atoms with Gasteiger partial charge in [0.25, 0.3) is 0 Å². The van der Waals surface area contributed by atoms with E-state index in [1.165, 1.54) is 12.8 Å². The van der Waals surface area contributed by atoms with Gasteiger partial charge in [-0.2, -0.15) is 0 Å². The Hall–Kier alpha value is -0.250. The summed E-state index contributed by atoms with van der Waals surface area (Å²) in [5.74, 6) is -0.147. The van der Waals surface area contributed by atoms with Gasteiger partial charge in [-0.1, -0.05) is 40.4 Å². The number of alkyl halides is 1. The average molecular weight is 351 g/mol. The number of carbonyl (C=O) groups is 1. The molecule has 1 aromatic rings. The molecule has 1 fully saturated rings. The second-order valence-corrected chi connectivity index (χ2v) is 6.25. The molecule has 1 unspecified atom stereocenters. The lowest BCUT2D eigenvalue weighted by Gasteiger charge is -2.16. The van der Waals surface area contributed by atoms with Gasteiger partial charge in [0, 0.05) is 15.5 Å². The van der Waals surface area contributed by atoms with Crippen LogP contribution in [0, 0.1) is 0 Å². The third kappa shape index (κ3) is 3.40. The summed E-state index contributed by atoms with van der Waals surface area (Å²) in [4.78, 5) is 12.1. The molecule has 2 rings (SSSR count). The van der Waals surface area contributed by atoms with Crippen LogP contribution in [0.5, 0.6) is 0 Å². The van der Waals surface area contributed by atoms with Crippen molar-refractivity contribution >= 4 is 45.0 Å². The lowest BCUT2D eigenvalue weighted by atomic mass is 10.1. The van der Waals surface area contributed by atoms with E-state index in [1.54, 1.807) is 18.2 Å². The molecule has 1 saturated carbocycles. The second kappa shape index (κ2) is 6.27. The number of hydrogen-bond donors (Lipinski definition) is 1. The summed E-state index contributed by atoms with van der Waals surface area (Å²) in [6, 6.07) is 5.55. The molecule has 2 nitrogen and oxygen atoms in total. The molecule has 5 heteroatoms. The van der Waals surface area contributed by atoms with E-state index >= 15 is 0 Å². The zero-order valence-corrected chi connectivity index (χ0v) is 12.9. The first-order valence-corrected chi connectivity index (χ1v) is 7.58. The Balaban J connectivity index is 2.07. The Morgan fingerprint density at radius 2 is 2.06 bits per heavy atom. The van der Waals surface area contributed by atoms with Crippen LogP contribution in [-0.4, -0.2) is 11.9 Å². The van der Waals surface area contributed by atoms with Crippen molar-refractivity contribution in [3.8, 4) is 0 Å². The van der Waals surface area contributed by atoms with Crippen LogP contribution in [0.2, 0.25) is 5.02 Å². The number of hydrogen-bond acceptors (Lipinski definition) is 1. The molecule has 1 aliphatic carbocycles. The zero-order chi connectivity index (χ0) is 13.1. The summed E-state index contributed by atoms with van der Waals surface area (Å²) in [6.07, 6.45) is 4.45. The molecular weight excluding hydrogens is 337 g/mol. The molecule has 0 heterocycles. The van der Waals surface area contributed by atoms with Gasteiger partial charge in [-0.3, -0.25) is 4.79 Å². The molecule has 0 aromatic heterocycles. The van der Waals surface area contributed by atoms with Gasteiger partial charge < -0.3 is 5.32 Å². The molecular formula is C13H14BrCl2NO. The molecule has 0 saturated heterocycles. The smallest absolute Gasteiger partial charge is 0.242 e. The fraction of sp³-hybridized carbons (Fsp3) is 0.462. The number of rotatable bonds is 3. The summed E-state index contributed by atoms with van der Waals surface area (Å²) in [6.45, 7) is 0. The fourth-order valence-electron chi connectivity index (χ4n) is 2.19. The quantitative estimate of drug-likeness (QED) is 0.802. The summed E-state index contributed by atoms with van der Waals surface area (Å²) in [5.41, 5.74) is 0.708. The Labute approximate surface area is 125 Å². The fourth-order valence-corrected chi connectivity index (χ4v) is 3.23. The van der Waals surface area contributed by atoms with Gasteiger partial charge in [0.05, 0.1) is 0 Å². The van der Waals surface area contributed by atoms with Crippen LogP contribution in [0.15, 0.2) is 22.7 Å². The standard InChI is InChI=1S/C13H14BrCl2NO/c14-11-6-5-8(15)7-10(11)12(16)13(18)17-9-3-1-2-4-9/h5-7,9,12H,1-4H2,(H,17,18). The molecule has 98 valence electrons. The van der Waals surface area contributed by atoms with E-state index in [4.69, 9.17) is 23.2 Å². The van der Waals surface area contributed by atoms with Gasteiger partial charge in [-0.15, -0.1) is 11.6 Å². The van der Waals surface area contributed by atoms with Gasteiger partial charge in [-0.05, 0) is 36.6 Å². The zero-order valence-electron chi connectivity index (χ0n) is 9.76. The van der Waals surface area contributed by atoms with Crippen molar-refractivity contribution < 1.29 is 4.79 Å². The minimum Gasteiger partial charge on any atom is -0.352 e. The van der Waals surface area contributed by atoms with Gasteiger partial charge in [0.2, 0.25) is 5.91 Å². The van der Waals surface area contributed by atoms with Crippen LogP contribution in [0.3, 0.4) is 0 Å². The first-order chi connectivity index (χ1) is 8.58. The van der Waals surface area contributed by atoms with Gasteiger partial charge in [0.1, 0.15) is 5.38 Å². The van der Waals surface area contributed by atoms with E-state index in [0.29, 0.717) is 10.6 Å². The first-order valence-electron chi connectivity index (χ1n) is 5.97. The van der Waals surface area contributed by atoms with Crippen molar-refractivity contribution in [2.75, 3.05) is 0 Å². The van der Waals surface area contributed by atoms with Gasteiger partial charge in [0.15, 0.2) is 0 Å². The first kappa shape index (κ1) is 14.2. The third-order valence-electron chi connectivity index (χ3n) is 3.16. The summed E-state index contributed by atoms with van der Waals surface area (Å²) in [5, 5.41) is 2.86. The minimum absolute atomic E-state index is 0.147. The summed E-state index contributed by atoms with van der Waals surface area (Å²) < 4.78 is 0.800. The molecule has 1 atom stereocenters. The minimum atomic E-state index is -0.710. The van der Waals surface area contributed by atoms with E-state index in [9.17, 15) is 4.79 Å². The number of amides is 1. The third-order valence-corrected chi connectivity index (χ3v) is 4.55. The highest BCUT2D eigenvalue weighted by molar-refractivity contribution is 9.10. The molecule has 0 bridgehead atoms. The molecule has 0 radical (unpaired) electrons. The highest BCUT2D eigenvalue weighted by atomic mass is 79.9. The van der Waals surface area contributed by atoms with E-state index in [2.05, 4.69) is 21.2 Å². The maximum Gasteiger partial charge on any atom is 0.242 e. The van der Waals surface area contributed by atoms with Crippen LogP contribution in [-0.2, 0) is 4.79 Å². The highest BCUT2D eigenvalue weighted by Crippen LogP contribution is 2.31. The van der Waals surface area contributed by atoms with Crippen molar-refractivity contribution in [1.29, 1.82) is 0 Å². The van der Waals surface area contributed by atoms with Crippen molar-refractivity contribution in [3.05, 3.63) is 33.3 Å². The maximum absolute atomic E-state index is 12.1. The number of halogens is 3. The number of carbonyl (C=O) groups excluding carboxylic acids is 1. The van der Waals surface area contributed by atoms with E-state index in [1.807, 2.05) is 0 Å². The van der Waals surface area contributed by atoms with Gasteiger partial charge >= 0.3 is 0 Å². The summed E-state index contributed by atoms with van der Waals surface area (Å²) >= 11 is 15.5. The van der Waals surface area contributed by atoms with Crippen LogP contribution < -0.4 is 5.32 Å². The molecule has 0 aliphatic heterocycles. The van der Waals surface area contributed by atoms with Crippen LogP contribution in [0.1, 0.15) is 36.6 Å². The van der Waals surface area contributed by atoms with Crippen molar-refractivity contribution in [2.24, 2.45) is 0 Å². The van der Waals surface area contributed by atoms with Crippen LogP contribution in [0.4, 0.5) is 0 Å². The normalized spacial score (nSPS) is 17.7. The highest BCUT2D eigenvalue weighted by Gasteiger charge is 2.24. The van der Waals surface area contributed by atoms with Crippen molar-refractivity contribution in [2.45, 2.75) is 37.1 Å². The van der Waals surface area contributed by atoms with E-state index < -0.39 is 5.38 Å². The Kier molecular flexibility index (Phi) is 4.93. The van der Waals surface area contributed by atoms with Crippen LogP contribution in [0.25, 0.3) is 0 Å². The maximum atomic E-state index is 12.1. The molecule has 18 heavy (non-hydrogen) atoms. The lowest BCUT2D eigenvalue weighted by molar-refractivity contribution is -0.121. The molecule has 0 spiro atoms. The van der Waals surface area contributed by atoms with E-state index in [0.717, 1.165) is 17.3 Å². The predicted octanol–water partition coefficient (Wildman–Crippen LogP) is 4.44. The summed E-state index contributed by atoms with van der Waals surface area (Å²) in [7, 11) is 0. The Bertz CT molecular complexity index is 447. The molecule has 1 aliphatic rings. The number of nitrogens with one attached hydrogen (secondary N) is 1. The number of benzene rings is 1. The SMILES string of the molecule is O=C(NC1CCCC1)C(Cl)c1cc(Cl)ccc1Br. The largest absolute Gasteiger partial charge is 0.352 e.